The molecule has 4 heteroatoms. The minimum atomic E-state index is -0.484. The molecule has 0 bridgehead atoms. The van der Waals surface area contributed by atoms with Crippen LogP contribution in [0.3, 0.4) is 0 Å². The molecule has 0 radical (unpaired) electrons. The van der Waals surface area contributed by atoms with E-state index >= 15 is 0 Å². The second-order valence-corrected chi connectivity index (χ2v) is 13.8. The quantitative estimate of drug-likeness (QED) is 0.0543. The highest BCUT2D eigenvalue weighted by Gasteiger charge is 2.14. The van der Waals surface area contributed by atoms with E-state index in [1.165, 1.54) is 16.7 Å². The van der Waals surface area contributed by atoms with E-state index in [9.17, 15) is 4.79 Å². The van der Waals surface area contributed by atoms with Crippen LogP contribution in [0.1, 0.15) is 38.9 Å². The summed E-state index contributed by atoms with van der Waals surface area (Å²) in [6.07, 6.45) is 9.73. The van der Waals surface area contributed by atoms with Crippen molar-refractivity contribution in [3.63, 3.8) is 0 Å². The number of nitrogens with zero attached hydrogens (tertiary/aromatic N) is 2. The Morgan fingerprint density at radius 3 is 0.893 bits per heavy atom. The maximum Gasteiger partial charge on any atom is 0.335 e. The summed E-state index contributed by atoms with van der Waals surface area (Å²) in [4.78, 5) is 16.2. The molecule has 0 spiro atoms. The first-order valence-corrected chi connectivity index (χ1v) is 18.7. The largest absolute Gasteiger partial charge is 0.423 e. The summed E-state index contributed by atoms with van der Waals surface area (Å²) in [6.45, 7) is 9.79. The van der Waals surface area contributed by atoms with Crippen LogP contribution in [0, 0.1) is 20.8 Å². The topological polar surface area (TPSA) is 32.8 Å². The number of aryl methyl sites for hydroxylation is 3. The van der Waals surface area contributed by atoms with E-state index in [-0.39, 0.29) is 0 Å². The minimum absolute atomic E-state index is 0.470. The summed E-state index contributed by atoms with van der Waals surface area (Å²) in [5, 5.41) is 0. The summed E-state index contributed by atoms with van der Waals surface area (Å²) in [5.41, 5.74) is 14.6. The number of carbonyl (C=O) groups excluding carboxylic acids is 1. The van der Waals surface area contributed by atoms with Gasteiger partial charge in [0.05, 0.1) is 0 Å². The van der Waals surface area contributed by atoms with E-state index in [0.717, 1.165) is 62.5 Å². The lowest BCUT2D eigenvalue weighted by Gasteiger charge is -2.26. The summed E-state index contributed by atoms with van der Waals surface area (Å²) in [7, 11) is 0. The van der Waals surface area contributed by atoms with Crippen LogP contribution in [0.25, 0.3) is 24.3 Å². The van der Waals surface area contributed by atoms with Gasteiger partial charge in [-0.15, -0.1) is 0 Å². The predicted octanol–water partition coefficient (Wildman–Crippen LogP) is 14.0. The van der Waals surface area contributed by atoms with Gasteiger partial charge in [0.2, 0.25) is 0 Å². The summed E-state index contributed by atoms with van der Waals surface area (Å²) >= 11 is 0. The zero-order valence-electron chi connectivity index (χ0n) is 32.0. The summed E-state index contributed by atoms with van der Waals surface area (Å²) in [5.74, 6) is -0.0137. The third-order valence-electron chi connectivity index (χ3n) is 9.53. The van der Waals surface area contributed by atoms with Crippen molar-refractivity contribution in [3.8, 4) is 5.75 Å². The van der Waals surface area contributed by atoms with Gasteiger partial charge in [-0.25, -0.2) is 4.79 Å². The van der Waals surface area contributed by atoms with E-state index in [0.29, 0.717) is 5.75 Å². The monoisotopic (exact) mass is 728 g/mol. The maximum atomic E-state index is 11.7. The Morgan fingerprint density at radius 2 is 0.625 bits per heavy atom. The van der Waals surface area contributed by atoms with Crippen LogP contribution in [-0.2, 0) is 4.79 Å². The van der Waals surface area contributed by atoms with Crippen LogP contribution in [0.4, 0.5) is 34.1 Å². The molecule has 7 aromatic rings. The molecule has 0 atom stereocenters. The van der Waals surface area contributed by atoms with E-state index in [2.05, 4.69) is 207 Å². The molecule has 7 rings (SSSR count). The van der Waals surface area contributed by atoms with Gasteiger partial charge in [-0.05, 0) is 128 Å². The van der Waals surface area contributed by atoms with Crippen LogP contribution >= 0.6 is 0 Å². The smallest absolute Gasteiger partial charge is 0.335 e. The fraction of sp³-hybridized carbons (Fsp3) is 0.0577. The highest BCUT2D eigenvalue weighted by molar-refractivity contribution is 5.84. The summed E-state index contributed by atoms with van der Waals surface area (Å²) in [6, 6.07) is 59.0. The third kappa shape index (κ3) is 9.30. The van der Waals surface area contributed by atoms with Crippen molar-refractivity contribution in [3.05, 3.63) is 221 Å². The molecular weight excluding hydrogens is 685 g/mol. The molecule has 0 aromatic heterocycles. The lowest BCUT2D eigenvalue weighted by molar-refractivity contribution is -0.128. The molecule has 0 heterocycles. The summed E-state index contributed by atoms with van der Waals surface area (Å²) < 4.78 is 5.29. The van der Waals surface area contributed by atoms with E-state index in [4.69, 9.17) is 4.74 Å². The highest BCUT2D eigenvalue weighted by atomic mass is 16.5. The van der Waals surface area contributed by atoms with E-state index in [1.807, 2.05) is 12.1 Å². The van der Waals surface area contributed by atoms with Crippen LogP contribution in [0.5, 0.6) is 5.75 Å². The maximum absolute atomic E-state index is 11.7. The van der Waals surface area contributed by atoms with Gasteiger partial charge in [-0.2, -0.15) is 0 Å². The molecule has 274 valence electrons. The van der Waals surface area contributed by atoms with Crippen molar-refractivity contribution in [2.75, 3.05) is 9.80 Å². The number of esters is 1. The third-order valence-corrected chi connectivity index (χ3v) is 9.53. The number of rotatable bonds is 12. The Hall–Kier alpha value is -7.17. The molecule has 0 aliphatic heterocycles. The van der Waals surface area contributed by atoms with Crippen molar-refractivity contribution < 1.29 is 9.53 Å². The number of ether oxygens (including phenoxy) is 1. The number of carbonyl (C=O) groups is 1. The van der Waals surface area contributed by atoms with Crippen molar-refractivity contribution in [1.82, 2.24) is 0 Å². The van der Waals surface area contributed by atoms with Crippen LogP contribution in [0.2, 0.25) is 0 Å². The van der Waals surface area contributed by atoms with Gasteiger partial charge in [0.1, 0.15) is 5.75 Å². The number of hydrogen-bond donors (Lipinski definition) is 0. The molecule has 0 aliphatic carbocycles. The normalized spacial score (nSPS) is 11.1. The molecular formula is C52H44N2O2. The molecule has 0 fully saturated rings. The lowest BCUT2D eigenvalue weighted by atomic mass is 10.1. The number of hydrogen-bond acceptors (Lipinski definition) is 4. The van der Waals surface area contributed by atoms with Crippen LogP contribution in [-0.4, -0.2) is 5.97 Å². The van der Waals surface area contributed by atoms with Crippen molar-refractivity contribution >= 4 is 64.4 Å². The SMILES string of the molecule is C=CC(=O)Oc1ccc(N(c2ccc(C)cc2)c2ccc(/C=C\c3ccc(C=Cc4ccc(N(c5ccc(C)cc5)c5ccc(C)cc5)cc4)cc3)cc2)cc1. The Bertz CT molecular complexity index is 2400. The second-order valence-electron chi connectivity index (χ2n) is 13.8. The molecule has 4 nitrogen and oxygen atoms in total. The van der Waals surface area contributed by atoms with Crippen molar-refractivity contribution in [1.29, 1.82) is 0 Å². The fourth-order valence-electron chi connectivity index (χ4n) is 6.37. The molecule has 0 aliphatic rings. The van der Waals surface area contributed by atoms with Gasteiger partial charge in [0, 0.05) is 40.2 Å². The predicted molar refractivity (Wildman–Crippen MR) is 237 cm³/mol. The highest BCUT2D eigenvalue weighted by Crippen LogP contribution is 2.37. The second kappa shape index (κ2) is 17.3. The average molecular weight is 729 g/mol. The zero-order valence-corrected chi connectivity index (χ0v) is 32.0. The molecule has 0 saturated heterocycles. The van der Waals surface area contributed by atoms with Gasteiger partial charge >= 0.3 is 5.97 Å². The molecule has 56 heavy (non-hydrogen) atoms. The molecule has 0 saturated carbocycles. The van der Waals surface area contributed by atoms with E-state index < -0.39 is 5.97 Å². The first-order valence-electron chi connectivity index (χ1n) is 18.7. The minimum Gasteiger partial charge on any atom is -0.423 e. The van der Waals surface area contributed by atoms with Crippen LogP contribution in [0.15, 0.2) is 183 Å². The first kappa shape index (κ1) is 37.2. The van der Waals surface area contributed by atoms with Crippen molar-refractivity contribution in [2.24, 2.45) is 0 Å². The standard InChI is InChI=1S/C52H44N2O2/c1-5-52(55)56-51-36-34-50(35-37-51)54(47-28-10-40(4)11-29-47)49-32-22-44(23-33-49)19-17-42-14-12-41(13-15-42)16-18-43-20-30-48(31-21-43)53(45-24-6-38(2)7-25-45)46-26-8-39(3)9-27-46/h5-37H,1H2,2-4H3/b18-16?,19-17-. The number of benzene rings is 7. The molecule has 0 N–H and O–H groups in total. The van der Waals surface area contributed by atoms with Gasteiger partial charge in [-0.1, -0.05) is 133 Å². The van der Waals surface area contributed by atoms with Crippen molar-refractivity contribution in [2.45, 2.75) is 20.8 Å². The first-order chi connectivity index (χ1) is 27.3. The Kier molecular flexibility index (Phi) is 11.5. The fourth-order valence-corrected chi connectivity index (χ4v) is 6.37. The molecule has 0 unspecified atom stereocenters. The molecule has 0 amide bonds. The van der Waals surface area contributed by atoms with Gasteiger partial charge in [0.25, 0.3) is 0 Å². The van der Waals surface area contributed by atoms with Gasteiger partial charge in [0.15, 0.2) is 0 Å². The number of anilines is 6. The lowest BCUT2D eigenvalue weighted by Crippen LogP contribution is -2.10. The van der Waals surface area contributed by atoms with Gasteiger partial charge in [-0.3, -0.25) is 0 Å². The Balaban J connectivity index is 1.02. The van der Waals surface area contributed by atoms with Crippen LogP contribution < -0.4 is 14.5 Å². The Morgan fingerprint density at radius 1 is 0.393 bits per heavy atom. The van der Waals surface area contributed by atoms with E-state index in [1.54, 1.807) is 12.1 Å². The molecule has 7 aromatic carbocycles. The average Bonchev–Trinajstić information content (AvgIpc) is 3.23. The Labute approximate surface area is 330 Å². The van der Waals surface area contributed by atoms with Gasteiger partial charge < -0.3 is 14.5 Å². The zero-order chi connectivity index (χ0) is 38.9.